The highest BCUT2D eigenvalue weighted by molar-refractivity contribution is 7.71. The van der Waals surface area contributed by atoms with Gasteiger partial charge in [-0.3, -0.25) is 5.10 Å². The van der Waals surface area contributed by atoms with Gasteiger partial charge in [-0.15, -0.1) is 0 Å². The number of aliphatic carboxylic acids is 1. The monoisotopic (exact) mass is 348 g/mol. The lowest BCUT2D eigenvalue weighted by atomic mass is 10.2. The summed E-state index contributed by atoms with van der Waals surface area (Å²) in [7, 11) is 0. The second-order valence-electron chi connectivity index (χ2n) is 5.20. The Labute approximate surface area is 142 Å². The molecule has 1 fully saturated rings. The summed E-state index contributed by atoms with van der Waals surface area (Å²) in [5.74, 6) is 0.126. The first-order valence-electron chi connectivity index (χ1n) is 7.41. The van der Waals surface area contributed by atoms with Gasteiger partial charge in [0.25, 0.3) is 0 Å². The van der Waals surface area contributed by atoms with E-state index in [1.165, 1.54) is 0 Å². The van der Waals surface area contributed by atoms with Gasteiger partial charge in [-0.1, -0.05) is 0 Å². The zero-order valence-corrected chi connectivity index (χ0v) is 13.5. The molecular weight excluding hydrogens is 332 g/mol. The minimum absolute atomic E-state index is 0.0955. The number of rotatable bonds is 6. The minimum Gasteiger partial charge on any atom is -0.482 e. The van der Waals surface area contributed by atoms with Crippen LogP contribution < -0.4 is 4.74 Å². The largest absolute Gasteiger partial charge is 0.482 e. The van der Waals surface area contributed by atoms with E-state index in [0.717, 1.165) is 18.4 Å². The Kier molecular flexibility index (Phi) is 5.02. The van der Waals surface area contributed by atoms with Crippen LogP contribution in [0, 0.1) is 4.77 Å². The molecule has 1 atom stereocenters. The molecule has 1 aromatic heterocycles. The van der Waals surface area contributed by atoms with E-state index in [9.17, 15) is 4.79 Å². The lowest BCUT2D eigenvalue weighted by Gasteiger charge is -2.07. The number of carboxylic acids is 1. The van der Waals surface area contributed by atoms with Crippen molar-refractivity contribution in [3.05, 3.63) is 40.4 Å². The van der Waals surface area contributed by atoms with Gasteiger partial charge in [-0.25, -0.2) is 4.79 Å². The Morgan fingerprint density at radius 1 is 1.54 bits per heavy atom. The van der Waals surface area contributed by atoms with E-state index in [1.807, 2.05) is 0 Å². The van der Waals surface area contributed by atoms with Crippen LogP contribution in [-0.2, 0) is 9.53 Å². The van der Waals surface area contributed by atoms with Crippen LogP contribution >= 0.6 is 12.2 Å². The van der Waals surface area contributed by atoms with Gasteiger partial charge in [0, 0.05) is 6.61 Å². The third-order valence-corrected chi connectivity index (χ3v) is 3.72. The first-order valence-corrected chi connectivity index (χ1v) is 7.82. The summed E-state index contributed by atoms with van der Waals surface area (Å²) in [4.78, 5) is 10.5. The molecular formula is C15H16N4O4S. The van der Waals surface area contributed by atoms with Gasteiger partial charge in [0.15, 0.2) is 12.4 Å². The molecule has 0 saturated carbocycles. The number of H-pyrrole nitrogens is 1. The molecule has 0 aliphatic carbocycles. The summed E-state index contributed by atoms with van der Waals surface area (Å²) in [5.41, 5.74) is 0.819. The van der Waals surface area contributed by atoms with Crippen LogP contribution in [0.5, 0.6) is 5.75 Å². The average molecular weight is 348 g/mol. The molecule has 2 N–H and O–H groups in total. The summed E-state index contributed by atoms with van der Waals surface area (Å²) < 4.78 is 12.7. The quantitative estimate of drug-likeness (QED) is 0.612. The SMILES string of the molecule is O=C(O)COc1ccc(/C=N\n2c([C@@H]3CCCO3)n[nH]c2=S)cc1. The molecule has 3 rings (SSSR count). The number of nitrogens with zero attached hydrogens (tertiary/aromatic N) is 3. The van der Waals surface area contributed by atoms with Gasteiger partial charge < -0.3 is 14.6 Å². The van der Waals surface area contributed by atoms with Crippen molar-refractivity contribution >= 4 is 24.4 Å². The minimum atomic E-state index is -1.02. The third kappa shape index (κ3) is 3.87. The summed E-state index contributed by atoms with van der Waals surface area (Å²) in [6, 6.07) is 6.91. The fourth-order valence-electron chi connectivity index (χ4n) is 2.32. The second-order valence-corrected chi connectivity index (χ2v) is 5.58. The maximum atomic E-state index is 10.5. The molecule has 0 bridgehead atoms. The first kappa shape index (κ1) is 16.3. The Balaban J connectivity index is 1.73. The van der Waals surface area contributed by atoms with Crippen LogP contribution in [0.4, 0.5) is 0 Å². The van der Waals surface area contributed by atoms with Crippen molar-refractivity contribution in [2.45, 2.75) is 18.9 Å². The smallest absolute Gasteiger partial charge is 0.341 e. The molecule has 1 saturated heterocycles. The summed E-state index contributed by atoms with van der Waals surface area (Å²) in [6.07, 6.45) is 3.43. The van der Waals surface area contributed by atoms with Gasteiger partial charge in [-0.2, -0.15) is 14.9 Å². The zero-order chi connectivity index (χ0) is 16.9. The maximum Gasteiger partial charge on any atom is 0.341 e. The van der Waals surface area contributed by atoms with Crippen molar-refractivity contribution in [3.63, 3.8) is 0 Å². The number of aromatic nitrogens is 3. The summed E-state index contributed by atoms with van der Waals surface area (Å²) in [5, 5.41) is 19.9. The Bertz CT molecular complexity index is 791. The number of ether oxygens (including phenoxy) is 2. The molecule has 0 amide bonds. The van der Waals surface area contributed by atoms with Crippen LogP contribution in [0.25, 0.3) is 0 Å². The number of aromatic amines is 1. The fraction of sp³-hybridized carbons (Fsp3) is 0.333. The van der Waals surface area contributed by atoms with E-state index in [4.69, 9.17) is 26.8 Å². The predicted molar refractivity (Wildman–Crippen MR) is 87.9 cm³/mol. The van der Waals surface area contributed by atoms with Crippen molar-refractivity contribution in [2.24, 2.45) is 5.10 Å². The summed E-state index contributed by atoms with van der Waals surface area (Å²) >= 11 is 5.20. The maximum absolute atomic E-state index is 10.5. The van der Waals surface area contributed by atoms with Crippen LogP contribution in [0.3, 0.4) is 0 Å². The molecule has 9 heteroatoms. The second kappa shape index (κ2) is 7.37. The van der Waals surface area contributed by atoms with E-state index < -0.39 is 5.97 Å². The van der Waals surface area contributed by atoms with E-state index in [-0.39, 0.29) is 12.7 Å². The van der Waals surface area contributed by atoms with E-state index in [1.54, 1.807) is 35.2 Å². The molecule has 2 aromatic rings. The van der Waals surface area contributed by atoms with Gasteiger partial charge in [-0.05, 0) is 54.9 Å². The van der Waals surface area contributed by atoms with Crippen molar-refractivity contribution < 1.29 is 19.4 Å². The fourth-order valence-corrected chi connectivity index (χ4v) is 2.51. The number of benzene rings is 1. The number of hydrogen-bond donors (Lipinski definition) is 2. The molecule has 2 heterocycles. The van der Waals surface area contributed by atoms with Gasteiger partial charge in [0.1, 0.15) is 11.9 Å². The third-order valence-electron chi connectivity index (χ3n) is 3.46. The van der Waals surface area contributed by atoms with Crippen LogP contribution in [0.15, 0.2) is 29.4 Å². The van der Waals surface area contributed by atoms with E-state index in [0.29, 0.717) is 23.0 Å². The molecule has 0 radical (unpaired) electrons. The van der Waals surface area contributed by atoms with E-state index >= 15 is 0 Å². The lowest BCUT2D eigenvalue weighted by molar-refractivity contribution is -0.139. The number of nitrogens with one attached hydrogen (secondary N) is 1. The Hall–Kier alpha value is -2.52. The number of carboxylic acid groups (broad SMARTS) is 1. The highest BCUT2D eigenvalue weighted by atomic mass is 32.1. The normalized spacial score (nSPS) is 17.4. The molecule has 1 aliphatic heterocycles. The van der Waals surface area contributed by atoms with Gasteiger partial charge >= 0.3 is 5.97 Å². The lowest BCUT2D eigenvalue weighted by Crippen LogP contribution is -2.09. The molecule has 1 aromatic carbocycles. The van der Waals surface area contributed by atoms with Crippen molar-refractivity contribution in [1.82, 2.24) is 14.9 Å². The molecule has 0 unspecified atom stereocenters. The van der Waals surface area contributed by atoms with Gasteiger partial charge in [0.2, 0.25) is 4.77 Å². The highest BCUT2D eigenvalue weighted by Crippen LogP contribution is 2.26. The molecule has 24 heavy (non-hydrogen) atoms. The number of hydrogen-bond acceptors (Lipinski definition) is 6. The van der Waals surface area contributed by atoms with Crippen LogP contribution in [-0.4, -0.2) is 45.4 Å². The first-order chi connectivity index (χ1) is 11.6. The van der Waals surface area contributed by atoms with Crippen LogP contribution in [0.1, 0.15) is 30.3 Å². The Morgan fingerprint density at radius 3 is 3.00 bits per heavy atom. The average Bonchev–Trinajstić information content (AvgIpc) is 3.21. The van der Waals surface area contributed by atoms with Crippen molar-refractivity contribution in [2.75, 3.05) is 13.2 Å². The highest BCUT2D eigenvalue weighted by Gasteiger charge is 2.23. The number of carbonyl (C=O) groups is 1. The predicted octanol–water partition coefficient (Wildman–Crippen LogP) is 2.14. The molecule has 0 spiro atoms. The molecule has 1 aliphatic rings. The Morgan fingerprint density at radius 2 is 2.33 bits per heavy atom. The molecule has 8 nitrogen and oxygen atoms in total. The topological polar surface area (TPSA) is 102 Å². The van der Waals surface area contributed by atoms with E-state index in [2.05, 4.69) is 15.3 Å². The zero-order valence-electron chi connectivity index (χ0n) is 12.7. The van der Waals surface area contributed by atoms with Crippen molar-refractivity contribution in [3.8, 4) is 5.75 Å². The van der Waals surface area contributed by atoms with Crippen molar-refractivity contribution in [1.29, 1.82) is 0 Å². The summed E-state index contributed by atoms with van der Waals surface area (Å²) in [6.45, 7) is 0.341. The standard InChI is InChI=1S/C15H16N4O4S/c20-13(21)9-23-11-5-3-10(4-6-11)8-16-19-14(17-18-15(19)24)12-2-1-7-22-12/h3-6,8,12H,1-2,7,9H2,(H,18,24)(H,20,21)/b16-8-/t12-/m0/s1. The molecule has 126 valence electrons. The van der Waals surface area contributed by atoms with Gasteiger partial charge in [0.05, 0.1) is 6.21 Å². The van der Waals surface area contributed by atoms with Crippen LogP contribution in [0.2, 0.25) is 0 Å².